The molecular formula is C12H13N5O. The predicted molar refractivity (Wildman–Crippen MR) is 66.3 cm³/mol. The first-order valence-electron chi connectivity index (χ1n) is 6.18. The van der Waals surface area contributed by atoms with Crippen LogP contribution in [0.2, 0.25) is 0 Å². The molecule has 4 heterocycles. The van der Waals surface area contributed by atoms with E-state index in [0.29, 0.717) is 6.04 Å². The van der Waals surface area contributed by atoms with Gasteiger partial charge in [-0.15, -0.1) is 5.10 Å². The van der Waals surface area contributed by atoms with Gasteiger partial charge >= 0.3 is 0 Å². The minimum atomic E-state index is 0.379. The lowest BCUT2D eigenvalue weighted by atomic mass is 10.1. The first-order valence-corrected chi connectivity index (χ1v) is 6.18. The highest BCUT2D eigenvalue weighted by atomic mass is 16.5. The predicted octanol–water partition coefficient (Wildman–Crippen LogP) is 1.66. The SMILES string of the molecule is c1cc2c(ncc3nnn(C4CCOCC4)c32)[nH]1. The third-order valence-electron chi connectivity index (χ3n) is 3.55. The molecule has 6 nitrogen and oxygen atoms in total. The number of hydrogen-bond donors (Lipinski definition) is 1. The van der Waals surface area contributed by atoms with Gasteiger partial charge in [-0.2, -0.15) is 0 Å². The lowest BCUT2D eigenvalue weighted by Gasteiger charge is -2.22. The first kappa shape index (κ1) is 10.0. The molecule has 0 amide bonds. The summed E-state index contributed by atoms with van der Waals surface area (Å²) in [6, 6.07) is 2.41. The van der Waals surface area contributed by atoms with Gasteiger partial charge in [-0.25, -0.2) is 9.67 Å². The van der Waals surface area contributed by atoms with E-state index in [4.69, 9.17) is 4.74 Å². The van der Waals surface area contributed by atoms with Crippen LogP contribution in [0.15, 0.2) is 18.5 Å². The van der Waals surface area contributed by atoms with E-state index in [1.54, 1.807) is 6.20 Å². The number of ether oxygens (including phenoxy) is 1. The van der Waals surface area contributed by atoms with E-state index in [0.717, 1.165) is 48.1 Å². The van der Waals surface area contributed by atoms with Crippen molar-refractivity contribution in [1.29, 1.82) is 0 Å². The molecule has 0 unspecified atom stereocenters. The molecule has 0 spiro atoms. The van der Waals surface area contributed by atoms with E-state index < -0.39 is 0 Å². The largest absolute Gasteiger partial charge is 0.381 e. The van der Waals surface area contributed by atoms with E-state index in [1.807, 2.05) is 16.9 Å². The smallest absolute Gasteiger partial charge is 0.139 e. The van der Waals surface area contributed by atoms with Crippen LogP contribution < -0.4 is 0 Å². The highest BCUT2D eigenvalue weighted by molar-refractivity contribution is 6.00. The van der Waals surface area contributed by atoms with E-state index in [9.17, 15) is 0 Å². The lowest BCUT2D eigenvalue weighted by Crippen LogP contribution is -2.20. The zero-order valence-electron chi connectivity index (χ0n) is 9.83. The van der Waals surface area contributed by atoms with Crippen LogP contribution in [0.25, 0.3) is 22.1 Å². The third kappa shape index (κ3) is 1.35. The third-order valence-corrected chi connectivity index (χ3v) is 3.55. The topological polar surface area (TPSA) is 68.6 Å². The van der Waals surface area contributed by atoms with Crippen molar-refractivity contribution < 1.29 is 4.74 Å². The lowest BCUT2D eigenvalue weighted by molar-refractivity contribution is 0.0670. The van der Waals surface area contributed by atoms with Crippen LogP contribution >= 0.6 is 0 Å². The van der Waals surface area contributed by atoms with Crippen molar-refractivity contribution in [2.24, 2.45) is 0 Å². The Hall–Kier alpha value is -1.95. The van der Waals surface area contributed by atoms with Crippen molar-refractivity contribution in [2.45, 2.75) is 18.9 Å². The Balaban J connectivity index is 1.96. The number of hydrogen-bond acceptors (Lipinski definition) is 4. The second-order valence-corrected chi connectivity index (χ2v) is 4.61. The van der Waals surface area contributed by atoms with Crippen molar-refractivity contribution in [3.8, 4) is 0 Å². The zero-order valence-corrected chi connectivity index (χ0v) is 9.83. The van der Waals surface area contributed by atoms with Gasteiger partial charge in [-0.3, -0.25) is 0 Å². The quantitative estimate of drug-likeness (QED) is 0.705. The molecule has 3 aromatic rings. The molecule has 1 aliphatic rings. The van der Waals surface area contributed by atoms with Gasteiger partial charge < -0.3 is 9.72 Å². The summed E-state index contributed by atoms with van der Waals surface area (Å²) in [7, 11) is 0. The van der Waals surface area contributed by atoms with Crippen LogP contribution in [-0.2, 0) is 4.74 Å². The van der Waals surface area contributed by atoms with Crippen LogP contribution in [0, 0.1) is 0 Å². The van der Waals surface area contributed by atoms with Crippen molar-refractivity contribution in [1.82, 2.24) is 25.0 Å². The molecule has 1 saturated heterocycles. The number of H-pyrrole nitrogens is 1. The Bertz CT molecular complexity index is 695. The van der Waals surface area contributed by atoms with Gasteiger partial charge in [0.25, 0.3) is 0 Å². The Kier molecular flexibility index (Phi) is 2.10. The van der Waals surface area contributed by atoms with Gasteiger partial charge in [0.2, 0.25) is 0 Å². The molecule has 0 atom stereocenters. The molecule has 4 rings (SSSR count). The Morgan fingerprint density at radius 2 is 2.22 bits per heavy atom. The van der Waals surface area contributed by atoms with E-state index in [1.165, 1.54) is 0 Å². The summed E-state index contributed by atoms with van der Waals surface area (Å²) in [4.78, 5) is 7.46. The maximum atomic E-state index is 5.40. The molecule has 1 N–H and O–H groups in total. The van der Waals surface area contributed by atoms with Crippen LogP contribution in [0.4, 0.5) is 0 Å². The minimum Gasteiger partial charge on any atom is -0.381 e. The number of rotatable bonds is 1. The summed E-state index contributed by atoms with van der Waals surface area (Å²) in [5, 5.41) is 9.61. The average Bonchev–Trinajstić information content (AvgIpc) is 3.05. The standard InChI is InChI=1S/C12H13N5O/c1-4-13-12-9(1)11-10(7-14-12)15-16-17(11)8-2-5-18-6-3-8/h1,4,7-8H,2-3,5-6H2,(H,13,14). The molecule has 0 aliphatic carbocycles. The second kappa shape index (κ2) is 3.78. The van der Waals surface area contributed by atoms with Crippen LogP contribution in [-0.4, -0.2) is 38.2 Å². The summed E-state index contributed by atoms with van der Waals surface area (Å²) in [6.45, 7) is 1.60. The Labute approximate surface area is 103 Å². The maximum Gasteiger partial charge on any atom is 0.139 e. The number of fused-ring (bicyclic) bond motifs is 3. The highest BCUT2D eigenvalue weighted by Gasteiger charge is 2.20. The van der Waals surface area contributed by atoms with Gasteiger partial charge in [0.05, 0.1) is 12.2 Å². The fourth-order valence-electron chi connectivity index (χ4n) is 2.62. The van der Waals surface area contributed by atoms with Gasteiger partial charge in [0.1, 0.15) is 16.7 Å². The van der Waals surface area contributed by atoms with Crippen molar-refractivity contribution in [3.63, 3.8) is 0 Å². The van der Waals surface area contributed by atoms with Crippen LogP contribution in [0.3, 0.4) is 0 Å². The first-order chi connectivity index (χ1) is 8.93. The van der Waals surface area contributed by atoms with Gasteiger partial charge in [-0.05, 0) is 18.9 Å². The molecule has 0 saturated carbocycles. The molecule has 1 fully saturated rings. The summed E-state index contributed by atoms with van der Waals surface area (Å²) in [5.41, 5.74) is 2.82. The molecule has 1 aliphatic heterocycles. The van der Waals surface area contributed by atoms with Gasteiger partial charge in [0.15, 0.2) is 0 Å². The van der Waals surface area contributed by atoms with Gasteiger partial charge in [0, 0.05) is 24.8 Å². The van der Waals surface area contributed by atoms with Crippen molar-refractivity contribution in [3.05, 3.63) is 18.5 Å². The summed E-state index contributed by atoms with van der Waals surface area (Å²) in [6.07, 6.45) is 5.66. The second-order valence-electron chi connectivity index (χ2n) is 4.61. The van der Waals surface area contributed by atoms with Gasteiger partial charge in [-0.1, -0.05) is 5.21 Å². The molecule has 18 heavy (non-hydrogen) atoms. The molecule has 3 aromatic heterocycles. The Morgan fingerprint density at radius 3 is 3.11 bits per heavy atom. The molecule has 0 radical (unpaired) electrons. The summed E-state index contributed by atoms with van der Waals surface area (Å²) in [5.74, 6) is 0. The average molecular weight is 243 g/mol. The Morgan fingerprint density at radius 1 is 1.33 bits per heavy atom. The summed E-state index contributed by atoms with van der Waals surface area (Å²) >= 11 is 0. The number of aromatic amines is 1. The zero-order chi connectivity index (χ0) is 11.9. The van der Waals surface area contributed by atoms with Crippen molar-refractivity contribution >= 4 is 22.1 Å². The number of nitrogens with zero attached hydrogens (tertiary/aromatic N) is 4. The van der Waals surface area contributed by atoms with Crippen LogP contribution in [0.5, 0.6) is 0 Å². The molecule has 0 bridgehead atoms. The molecule has 6 heteroatoms. The monoisotopic (exact) mass is 243 g/mol. The maximum absolute atomic E-state index is 5.40. The number of aromatic nitrogens is 5. The van der Waals surface area contributed by atoms with E-state index in [-0.39, 0.29) is 0 Å². The van der Waals surface area contributed by atoms with Crippen LogP contribution in [0.1, 0.15) is 18.9 Å². The van der Waals surface area contributed by atoms with Crippen molar-refractivity contribution in [2.75, 3.05) is 13.2 Å². The minimum absolute atomic E-state index is 0.379. The van der Waals surface area contributed by atoms with E-state index in [2.05, 4.69) is 20.3 Å². The number of pyridine rings is 1. The molecular weight excluding hydrogens is 230 g/mol. The highest BCUT2D eigenvalue weighted by Crippen LogP contribution is 2.27. The fraction of sp³-hybridized carbons (Fsp3) is 0.417. The number of nitrogens with one attached hydrogen (secondary N) is 1. The fourth-order valence-corrected chi connectivity index (χ4v) is 2.62. The molecule has 0 aromatic carbocycles. The molecule has 92 valence electrons. The normalized spacial score (nSPS) is 17.8. The van der Waals surface area contributed by atoms with E-state index >= 15 is 0 Å². The summed E-state index contributed by atoms with van der Waals surface area (Å²) < 4.78 is 7.44.